The summed E-state index contributed by atoms with van der Waals surface area (Å²) in [5.41, 5.74) is -1.37. The number of aromatic nitrogens is 3. The van der Waals surface area contributed by atoms with Crippen LogP contribution in [0.1, 0.15) is 34.0 Å². The first-order valence-corrected chi connectivity index (χ1v) is 11.7. The molecule has 4 heterocycles. The molecule has 13 heteroatoms. The minimum Gasteiger partial charge on any atom is -0.465 e. The largest absolute Gasteiger partial charge is 0.465 e. The molecule has 8 nitrogen and oxygen atoms in total. The lowest BCUT2D eigenvalue weighted by atomic mass is 9.98. The Morgan fingerprint density at radius 2 is 1.95 bits per heavy atom. The molecule has 1 fully saturated rings. The van der Waals surface area contributed by atoms with Gasteiger partial charge in [-0.25, -0.2) is 19.2 Å². The molecule has 1 unspecified atom stereocenters. The van der Waals surface area contributed by atoms with Gasteiger partial charge in [-0.1, -0.05) is 23.7 Å². The van der Waals surface area contributed by atoms with E-state index in [1.807, 2.05) is 0 Å². The van der Waals surface area contributed by atoms with Crippen molar-refractivity contribution in [3.05, 3.63) is 82.6 Å². The van der Waals surface area contributed by atoms with Crippen molar-refractivity contribution >= 4 is 35.1 Å². The number of hydrogen-bond donors (Lipinski definition) is 2. The second-order valence-corrected chi connectivity index (χ2v) is 9.06. The van der Waals surface area contributed by atoms with Crippen LogP contribution in [-0.4, -0.2) is 49.5 Å². The van der Waals surface area contributed by atoms with Crippen molar-refractivity contribution in [1.29, 1.82) is 0 Å². The number of nitrogens with one attached hydrogen (secondary N) is 1. The fourth-order valence-corrected chi connectivity index (χ4v) is 4.83. The lowest BCUT2D eigenvalue weighted by Gasteiger charge is -2.15. The first-order chi connectivity index (χ1) is 18.0. The number of benzene rings is 1. The first-order valence-electron chi connectivity index (χ1n) is 11.3. The Hall–Kier alpha value is -4.19. The van der Waals surface area contributed by atoms with Gasteiger partial charge in [0.2, 0.25) is 0 Å². The maximum absolute atomic E-state index is 14.1. The Morgan fingerprint density at radius 1 is 1.16 bits per heavy atom. The number of pyridine rings is 2. The van der Waals surface area contributed by atoms with Gasteiger partial charge in [-0.2, -0.15) is 13.2 Å². The van der Waals surface area contributed by atoms with Gasteiger partial charge < -0.3 is 10.0 Å². The molecule has 5 rings (SSSR count). The average molecular weight is 548 g/mol. The zero-order valence-corrected chi connectivity index (χ0v) is 20.1. The van der Waals surface area contributed by atoms with Gasteiger partial charge in [-0.05, 0) is 42.3 Å². The van der Waals surface area contributed by atoms with E-state index in [9.17, 15) is 27.2 Å². The van der Waals surface area contributed by atoms with E-state index in [0.717, 1.165) is 10.5 Å². The normalized spacial score (nSPS) is 15.7. The number of anilines is 1. The summed E-state index contributed by atoms with van der Waals surface area (Å²) in [6, 6.07) is 9.66. The molecule has 1 atom stereocenters. The fraction of sp³-hybridized carbons (Fsp3) is 0.200. The summed E-state index contributed by atoms with van der Waals surface area (Å²) in [5, 5.41) is 10.8. The molecule has 1 aliphatic rings. The minimum atomic E-state index is -4.87. The monoisotopic (exact) mass is 547 g/mol. The summed E-state index contributed by atoms with van der Waals surface area (Å²) >= 11 is 6.42. The van der Waals surface area contributed by atoms with Gasteiger partial charge in [0.05, 0.1) is 5.56 Å². The smallest absolute Gasteiger partial charge is 0.420 e. The standard InChI is InChI=1S/C25H18ClF4N5O3/c26-20-19(23(36)34-8-6-14(11-34)13-3-1-4-16(27)9-13)32-22-18(25(28,29)30)10-15(12-35(20)22)17-5-2-7-31-21(17)33-24(37)38/h1-5,7,9-10,12,14H,6,8,11H2,(H,31,33)(H,37,38). The van der Waals surface area contributed by atoms with E-state index in [0.29, 0.717) is 18.5 Å². The Kier molecular flexibility index (Phi) is 6.43. The number of carbonyl (C=O) groups is 2. The molecule has 38 heavy (non-hydrogen) atoms. The SMILES string of the molecule is O=C(O)Nc1ncccc1-c1cc(C(F)(F)F)c2nc(C(=O)N3CCC(c4cccc(F)c4)C3)c(Cl)n2c1. The second kappa shape index (κ2) is 9.60. The summed E-state index contributed by atoms with van der Waals surface area (Å²) in [6.07, 6.45) is -3.26. The number of carboxylic acid groups (broad SMARTS) is 1. The lowest BCUT2D eigenvalue weighted by molar-refractivity contribution is -0.136. The average Bonchev–Trinajstić information content (AvgIpc) is 3.48. The lowest BCUT2D eigenvalue weighted by Crippen LogP contribution is -2.29. The van der Waals surface area contributed by atoms with Crippen LogP contribution in [0.5, 0.6) is 0 Å². The second-order valence-electron chi connectivity index (χ2n) is 8.71. The molecule has 1 aliphatic heterocycles. The molecule has 0 radical (unpaired) electrons. The van der Waals surface area contributed by atoms with E-state index in [1.54, 1.807) is 12.1 Å². The van der Waals surface area contributed by atoms with Gasteiger partial charge in [0.25, 0.3) is 5.91 Å². The number of likely N-dealkylation sites (tertiary alicyclic amines) is 1. The molecule has 0 bridgehead atoms. The zero-order valence-electron chi connectivity index (χ0n) is 19.3. The van der Waals surface area contributed by atoms with Gasteiger partial charge in [-0.15, -0.1) is 0 Å². The van der Waals surface area contributed by atoms with E-state index < -0.39 is 35.2 Å². The predicted octanol–water partition coefficient (Wildman–Crippen LogP) is 5.93. The Bertz CT molecular complexity index is 1570. The quantitative estimate of drug-likeness (QED) is 0.309. The Labute approximate surface area is 217 Å². The van der Waals surface area contributed by atoms with Crippen molar-refractivity contribution in [2.24, 2.45) is 0 Å². The molecule has 2 N–H and O–H groups in total. The first kappa shape index (κ1) is 25.5. The number of imidazole rings is 1. The highest BCUT2D eigenvalue weighted by atomic mass is 35.5. The third-order valence-corrected chi connectivity index (χ3v) is 6.67. The number of carbonyl (C=O) groups excluding carboxylic acids is 1. The molecule has 0 aliphatic carbocycles. The number of fused-ring (bicyclic) bond motifs is 1. The Morgan fingerprint density at radius 3 is 2.66 bits per heavy atom. The molecule has 2 amide bonds. The van der Waals surface area contributed by atoms with E-state index in [4.69, 9.17) is 16.7 Å². The maximum Gasteiger partial charge on any atom is 0.420 e. The topological polar surface area (TPSA) is 99.8 Å². The van der Waals surface area contributed by atoms with Gasteiger partial charge in [0.15, 0.2) is 11.3 Å². The summed E-state index contributed by atoms with van der Waals surface area (Å²) in [7, 11) is 0. The molecule has 1 saturated heterocycles. The van der Waals surface area contributed by atoms with Crippen LogP contribution in [0.4, 0.5) is 28.2 Å². The molecule has 196 valence electrons. The number of hydrogen-bond acceptors (Lipinski definition) is 4. The highest BCUT2D eigenvalue weighted by Crippen LogP contribution is 2.38. The van der Waals surface area contributed by atoms with Gasteiger partial charge >= 0.3 is 12.3 Å². The highest BCUT2D eigenvalue weighted by Gasteiger charge is 2.37. The summed E-state index contributed by atoms with van der Waals surface area (Å²) < 4.78 is 56.9. The number of alkyl halides is 3. The van der Waals surface area contributed by atoms with Crippen molar-refractivity contribution < 1.29 is 32.3 Å². The van der Waals surface area contributed by atoms with E-state index >= 15 is 0 Å². The van der Waals surface area contributed by atoms with Crippen molar-refractivity contribution in [2.75, 3.05) is 18.4 Å². The van der Waals surface area contributed by atoms with E-state index in [1.165, 1.54) is 41.6 Å². The number of halogens is 5. The molecule has 1 aromatic carbocycles. The minimum absolute atomic E-state index is 0.0488. The van der Waals surface area contributed by atoms with Crippen LogP contribution in [0.15, 0.2) is 54.9 Å². The van der Waals surface area contributed by atoms with Crippen molar-refractivity contribution in [3.8, 4) is 11.1 Å². The molecule has 0 saturated carbocycles. The highest BCUT2D eigenvalue weighted by molar-refractivity contribution is 6.33. The summed E-state index contributed by atoms with van der Waals surface area (Å²) in [5.74, 6) is -1.38. The van der Waals surface area contributed by atoms with Crippen LogP contribution in [0, 0.1) is 5.82 Å². The third-order valence-electron chi connectivity index (χ3n) is 6.31. The number of amides is 2. The maximum atomic E-state index is 14.1. The predicted molar refractivity (Wildman–Crippen MR) is 130 cm³/mol. The van der Waals surface area contributed by atoms with Crippen molar-refractivity contribution in [1.82, 2.24) is 19.3 Å². The van der Waals surface area contributed by atoms with E-state index in [-0.39, 0.29) is 40.3 Å². The fourth-order valence-electron chi connectivity index (χ4n) is 4.58. The van der Waals surface area contributed by atoms with Crippen LogP contribution >= 0.6 is 11.6 Å². The molecular weight excluding hydrogens is 530 g/mol. The van der Waals surface area contributed by atoms with Crippen LogP contribution in [0.25, 0.3) is 16.8 Å². The van der Waals surface area contributed by atoms with Crippen LogP contribution in [0.3, 0.4) is 0 Å². The molecule has 3 aromatic heterocycles. The van der Waals surface area contributed by atoms with Crippen molar-refractivity contribution in [3.63, 3.8) is 0 Å². The van der Waals surface area contributed by atoms with Gasteiger partial charge in [-0.3, -0.25) is 14.5 Å². The zero-order chi connectivity index (χ0) is 27.2. The summed E-state index contributed by atoms with van der Waals surface area (Å²) in [6.45, 7) is 0.519. The van der Waals surface area contributed by atoms with Crippen molar-refractivity contribution in [2.45, 2.75) is 18.5 Å². The van der Waals surface area contributed by atoms with Gasteiger partial charge in [0, 0.05) is 42.5 Å². The number of nitrogens with zero attached hydrogens (tertiary/aromatic N) is 4. The van der Waals surface area contributed by atoms with Crippen LogP contribution in [0.2, 0.25) is 5.15 Å². The summed E-state index contributed by atoms with van der Waals surface area (Å²) in [4.78, 5) is 33.7. The molecule has 0 spiro atoms. The van der Waals surface area contributed by atoms with Crippen LogP contribution in [-0.2, 0) is 6.18 Å². The Balaban J connectivity index is 1.56. The van der Waals surface area contributed by atoms with Crippen LogP contribution < -0.4 is 5.32 Å². The van der Waals surface area contributed by atoms with Gasteiger partial charge in [0.1, 0.15) is 16.8 Å². The number of rotatable bonds is 4. The molecular formula is C25H18ClF4N5O3. The third kappa shape index (κ3) is 4.74. The van der Waals surface area contributed by atoms with E-state index in [2.05, 4.69) is 15.3 Å². The molecule has 4 aromatic rings.